The number of rotatable bonds is 3. The summed E-state index contributed by atoms with van der Waals surface area (Å²) in [5.74, 6) is 0.552. The van der Waals surface area contributed by atoms with Gasteiger partial charge in [0.25, 0.3) is 5.56 Å². The third-order valence-corrected chi connectivity index (χ3v) is 2.83. The highest BCUT2D eigenvalue weighted by molar-refractivity contribution is 9.10. The second-order valence-electron chi connectivity index (χ2n) is 3.54. The van der Waals surface area contributed by atoms with Crippen LogP contribution in [-0.4, -0.2) is 17.1 Å². The van der Waals surface area contributed by atoms with E-state index in [0.29, 0.717) is 16.9 Å². The Hall–Kier alpha value is -1.46. The molecule has 17 heavy (non-hydrogen) atoms. The molecule has 0 saturated carbocycles. The summed E-state index contributed by atoms with van der Waals surface area (Å²) in [6.07, 6.45) is 1.50. The average molecular weight is 295 g/mol. The zero-order valence-corrected chi connectivity index (χ0v) is 10.8. The van der Waals surface area contributed by atoms with Crippen molar-refractivity contribution in [1.82, 2.24) is 9.97 Å². The molecule has 2 aromatic rings. The van der Waals surface area contributed by atoms with Gasteiger partial charge in [-0.05, 0) is 27.6 Å². The van der Waals surface area contributed by atoms with Gasteiger partial charge < -0.3 is 9.72 Å². The molecular formula is C12H11BrN2O2. The first-order chi connectivity index (χ1) is 8.20. The largest absolute Gasteiger partial charge is 0.380 e. The van der Waals surface area contributed by atoms with Crippen molar-refractivity contribution >= 4 is 15.9 Å². The smallest absolute Gasteiger partial charge is 0.265 e. The highest BCUT2D eigenvalue weighted by Crippen LogP contribution is 2.16. The van der Waals surface area contributed by atoms with Gasteiger partial charge in [-0.2, -0.15) is 0 Å². The van der Waals surface area contributed by atoms with Crippen LogP contribution in [0.3, 0.4) is 0 Å². The summed E-state index contributed by atoms with van der Waals surface area (Å²) >= 11 is 3.11. The number of benzene rings is 1. The van der Waals surface area contributed by atoms with Crippen molar-refractivity contribution < 1.29 is 4.74 Å². The summed E-state index contributed by atoms with van der Waals surface area (Å²) in [6.45, 7) is 0.536. The van der Waals surface area contributed by atoms with Crippen LogP contribution >= 0.6 is 15.9 Å². The molecule has 1 aromatic carbocycles. The number of hydrogen-bond acceptors (Lipinski definition) is 3. The first-order valence-corrected chi connectivity index (χ1v) is 5.83. The maximum absolute atomic E-state index is 11.5. The average Bonchev–Trinajstić information content (AvgIpc) is 2.33. The van der Waals surface area contributed by atoms with Crippen molar-refractivity contribution in [2.45, 2.75) is 6.61 Å². The molecule has 0 spiro atoms. The van der Waals surface area contributed by atoms with E-state index in [1.165, 1.54) is 6.20 Å². The van der Waals surface area contributed by atoms with Crippen LogP contribution in [0.2, 0.25) is 0 Å². The van der Waals surface area contributed by atoms with E-state index >= 15 is 0 Å². The number of H-pyrrole nitrogens is 1. The second kappa shape index (κ2) is 5.25. The third-order valence-electron chi connectivity index (χ3n) is 2.27. The van der Waals surface area contributed by atoms with Gasteiger partial charge >= 0.3 is 0 Å². The van der Waals surface area contributed by atoms with Crippen molar-refractivity contribution in [1.29, 1.82) is 0 Å². The normalized spacial score (nSPS) is 10.5. The topological polar surface area (TPSA) is 55.0 Å². The summed E-state index contributed by atoms with van der Waals surface area (Å²) in [7, 11) is 1.65. The molecule has 0 amide bonds. The van der Waals surface area contributed by atoms with Crippen molar-refractivity contribution in [2.75, 3.05) is 7.11 Å². The standard InChI is InChI=1S/C12H11BrN2O2/c1-17-7-8-3-2-4-9(5-8)11-14-6-10(13)12(16)15-11/h2-6H,7H2,1H3,(H,14,15,16). The SMILES string of the molecule is COCc1cccc(-c2ncc(Br)c(=O)[nH]2)c1. The van der Waals surface area contributed by atoms with Gasteiger partial charge in [0.1, 0.15) is 10.3 Å². The Morgan fingerprint density at radius 1 is 1.47 bits per heavy atom. The molecule has 0 fully saturated rings. The predicted octanol–water partition coefficient (Wildman–Crippen LogP) is 2.35. The fourth-order valence-electron chi connectivity index (χ4n) is 1.50. The summed E-state index contributed by atoms with van der Waals surface area (Å²) in [4.78, 5) is 18.3. The van der Waals surface area contributed by atoms with Gasteiger partial charge in [0, 0.05) is 18.9 Å². The lowest BCUT2D eigenvalue weighted by Gasteiger charge is -2.04. The fourth-order valence-corrected chi connectivity index (χ4v) is 1.70. The Kier molecular flexibility index (Phi) is 3.71. The molecular weight excluding hydrogens is 284 g/mol. The molecule has 0 unspecified atom stereocenters. The van der Waals surface area contributed by atoms with Gasteiger partial charge in [-0.1, -0.05) is 18.2 Å². The molecule has 1 N–H and O–H groups in total. The maximum Gasteiger partial charge on any atom is 0.265 e. The number of nitrogens with one attached hydrogen (secondary N) is 1. The minimum Gasteiger partial charge on any atom is -0.380 e. The van der Waals surface area contributed by atoms with E-state index in [4.69, 9.17) is 4.74 Å². The van der Waals surface area contributed by atoms with E-state index in [1.807, 2.05) is 24.3 Å². The monoisotopic (exact) mass is 294 g/mol. The van der Waals surface area contributed by atoms with E-state index in [2.05, 4.69) is 25.9 Å². The first-order valence-electron chi connectivity index (χ1n) is 5.04. The zero-order chi connectivity index (χ0) is 12.3. The lowest BCUT2D eigenvalue weighted by atomic mass is 10.1. The fraction of sp³-hybridized carbons (Fsp3) is 0.167. The van der Waals surface area contributed by atoms with E-state index < -0.39 is 0 Å². The predicted molar refractivity (Wildman–Crippen MR) is 68.7 cm³/mol. The van der Waals surface area contributed by atoms with E-state index in [1.54, 1.807) is 7.11 Å². The Morgan fingerprint density at radius 2 is 2.29 bits per heavy atom. The Morgan fingerprint density at radius 3 is 3.00 bits per heavy atom. The number of halogens is 1. The molecule has 0 atom stereocenters. The van der Waals surface area contributed by atoms with Crippen LogP contribution in [0.15, 0.2) is 39.7 Å². The van der Waals surface area contributed by atoms with Crippen LogP contribution in [0, 0.1) is 0 Å². The number of ether oxygens (including phenoxy) is 1. The molecule has 1 aromatic heterocycles. The molecule has 0 aliphatic carbocycles. The van der Waals surface area contributed by atoms with E-state index in [9.17, 15) is 4.79 Å². The molecule has 4 nitrogen and oxygen atoms in total. The molecule has 5 heteroatoms. The number of aromatic amines is 1. The summed E-state index contributed by atoms with van der Waals surface area (Å²) < 4.78 is 5.49. The van der Waals surface area contributed by atoms with Crippen molar-refractivity contribution in [2.24, 2.45) is 0 Å². The van der Waals surface area contributed by atoms with Crippen LogP contribution in [0.4, 0.5) is 0 Å². The van der Waals surface area contributed by atoms with Crippen LogP contribution < -0.4 is 5.56 Å². The minimum atomic E-state index is -0.188. The van der Waals surface area contributed by atoms with Crippen LogP contribution in [-0.2, 0) is 11.3 Å². The summed E-state index contributed by atoms with van der Waals surface area (Å²) in [5, 5.41) is 0. The van der Waals surface area contributed by atoms with Gasteiger partial charge in [-0.25, -0.2) is 4.98 Å². The zero-order valence-electron chi connectivity index (χ0n) is 9.24. The molecule has 0 bridgehead atoms. The summed E-state index contributed by atoms with van der Waals surface area (Å²) in [5.41, 5.74) is 1.71. The van der Waals surface area contributed by atoms with Crippen molar-refractivity contribution in [3.63, 3.8) is 0 Å². The summed E-state index contributed by atoms with van der Waals surface area (Å²) in [6, 6.07) is 7.71. The second-order valence-corrected chi connectivity index (χ2v) is 4.40. The number of aromatic nitrogens is 2. The van der Waals surface area contributed by atoms with Crippen LogP contribution in [0.5, 0.6) is 0 Å². The minimum absolute atomic E-state index is 0.188. The highest BCUT2D eigenvalue weighted by Gasteiger charge is 2.03. The van der Waals surface area contributed by atoms with Gasteiger partial charge in [0.15, 0.2) is 0 Å². The Labute approximate surface area is 107 Å². The Balaban J connectivity index is 2.42. The lowest BCUT2D eigenvalue weighted by molar-refractivity contribution is 0.185. The Bertz CT molecular complexity index is 581. The van der Waals surface area contributed by atoms with Crippen LogP contribution in [0.25, 0.3) is 11.4 Å². The number of nitrogens with zero attached hydrogens (tertiary/aromatic N) is 1. The molecule has 0 saturated heterocycles. The molecule has 88 valence electrons. The van der Waals surface area contributed by atoms with E-state index in [0.717, 1.165) is 11.1 Å². The van der Waals surface area contributed by atoms with Crippen LogP contribution in [0.1, 0.15) is 5.56 Å². The molecule has 2 rings (SSSR count). The molecule has 0 aliphatic rings. The lowest BCUT2D eigenvalue weighted by Crippen LogP contribution is -2.08. The quantitative estimate of drug-likeness (QED) is 0.945. The molecule has 0 aliphatic heterocycles. The number of methoxy groups -OCH3 is 1. The van der Waals surface area contributed by atoms with Gasteiger partial charge in [0.05, 0.1) is 6.61 Å². The molecule has 1 heterocycles. The van der Waals surface area contributed by atoms with E-state index in [-0.39, 0.29) is 5.56 Å². The van der Waals surface area contributed by atoms with Crippen molar-refractivity contribution in [3.8, 4) is 11.4 Å². The van der Waals surface area contributed by atoms with Crippen molar-refractivity contribution in [3.05, 3.63) is 50.9 Å². The van der Waals surface area contributed by atoms with Gasteiger partial charge in [-0.15, -0.1) is 0 Å². The molecule has 0 radical (unpaired) electrons. The maximum atomic E-state index is 11.5. The number of hydrogen-bond donors (Lipinski definition) is 1. The first kappa shape index (κ1) is 12.0. The third kappa shape index (κ3) is 2.81. The van der Waals surface area contributed by atoms with Gasteiger partial charge in [0.2, 0.25) is 0 Å². The van der Waals surface area contributed by atoms with Gasteiger partial charge in [-0.3, -0.25) is 4.79 Å². The highest BCUT2D eigenvalue weighted by atomic mass is 79.9.